The van der Waals surface area contributed by atoms with E-state index < -0.39 is 23.1 Å². The first-order chi connectivity index (χ1) is 13.8. The molecule has 0 aliphatic rings. The molecule has 0 radical (unpaired) electrons. The van der Waals surface area contributed by atoms with Crippen molar-refractivity contribution in [3.05, 3.63) is 69.0 Å². The second-order valence-electron chi connectivity index (χ2n) is 5.95. The monoisotopic (exact) mass is 424 g/mol. The van der Waals surface area contributed by atoms with Crippen molar-refractivity contribution in [2.45, 2.75) is 20.0 Å². The van der Waals surface area contributed by atoms with E-state index in [0.29, 0.717) is 6.07 Å². The number of aryl methyl sites for hydroxylation is 1. The van der Waals surface area contributed by atoms with Crippen molar-refractivity contribution in [2.75, 3.05) is 6.61 Å². The number of hydrogen-bond acceptors (Lipinski definition) is 6. The number of carbonyl (C=O) groups is 1. The minimum Gasteiger partial charge on any atom is -0.471 e. The molecule has 0 saturated carbocycles. The van der Waals surface area contributed by atoms with E-state index in [2.05, 4.69) is 10.1 Å². The largest absolute Gasteiger partial charge is 0.471 e. The zero-order chi connectivity index (χ0) is 21.1. The number of carbonyl (C=O) groups excluding carboxylic acids is 1. The van der Waals surface area contributed by atoms with Gasteiger partial charge >= 0.3 is 0 Å². The molecular formula is C18H15ClF2N4O4. The molecule has 11 heteroatoms. The van der Waals surface area contributed by atoms with Crippen molar-refractivity contribution >= 4 is 17.5 Å². The minimum absolute atomic E-state index is 0.0646. The van der Waals surface area contributed by atoms with Crippen molar-refractivity contribution in [1.82, 2.24) is 19.3 Å². The number of rotatable bonds is 6. The highest BCUT2D eigenvalue weighted by Crippen LogP contribution is 2.21. The van der Waals surface area contributed by atoms with Gasteiger partial charge in [0, 0.05) is 11.6 Å². The molecule has 0 atom stereocenters. The Morgan fingerprint density at radius 2 is 2.10 bits per heavy atom. The fourth-order valence-corrected chi connectivity index (χ4v) is 2.72. The van der Waals surface area contributed by atoms with Gasteiger partial charge in [-0.2, -0.15) is 10.1 Å². The smallest absolute Gasteiger partial charge is 0.280 e. The molecule has 1 N–H and O–H groups in total. The second kappa shape index (κ2) is 8.50. The molecule has 0 fully saturated rings. The van der Waals surface area contributed by atoms with Gasteiger partial charge < -0.3 is 9.84 Å². The predicted molar refractivity (Wildman–Crippen MR) is 98.4 cm³/mol. The Hall–Kier alpha value is -3.11. The zero-order valence-corrected chi connectivity index (χ0v) is 15.9. The Morgan fingerprint density at radius 3 is 2.79 bits per heavy atom. The number of ether oxygens (including phenoxy) is 1. The van der Waals surface area contributed by atoms with Gasteiger partial charge in [-0.25, -0.2) is 13.5 Å². The molecule has 0 spiro atoms. The van der Waals surface area contributed by atoms with Crippen LogP contribution in [0.4, 0.5) is 8.78 Å². The van der Waals surface area contributed by atoms with Crippen LogP contribution < -0.4 is 10.3 Å². The van der Waals surface area contributed by atoms with Crippen LogP contribution in [0.1, 0.15) is 22.6 Å². The Labute approximate surface area is 167 Å². The van der Waals surface area contributed by atoms with Gasteiger partial charge in [0.1, 0.15) is 24.1 Å². The number of nitrogens with zero attached hydrogens (tertiary/aromatic N) is 4. The van der Waals surface area contributed by atoms with E-state index in [1.807, 2.05) is 0 Å². The first-order valence-electron chi connectivity index (χ1n) is 8.36. The van der Waals surface area contributed by atoms with Crippen LogP contribution in [0.2, 0.25) is 5.02 Å². The first kappa shape index (κ1) is 20.6. The van der Waals surface area contributed by atoms with Crippen molar-refractivity contribution in [1.29, 1.82) is 0 Å². The van der Waals surface area contributed by atoms with Crippen LogP contribution in [-0.4, -0.2) is 37.0 Å². The standard InChI is InChI=1S/C18H15ClF2N4O4/c1-10-23-17(29-9-11-2-3-12(20)6-14(11)21)16(19)18(28)25(10)13-7-22-24(8-13)15(27)4-5-26/h2-3,6-8,26H,4-5,9H2,1H3. The molecule has 0 unspecified atom stereocenters. The molecule has 1 aromatic carbocycles. The van der Waals surface area contributed by atoms with Gasteiger partial charge in [-0.3, -0.25) is 14.2 Å². The summed E-state index contributed by atoms with van der Waals surface area (Å²) in [6.07, 6.45) is 2.45. The number of hydrogen-bond donors (Lipinski definition) is 1. The van der Waals surface area contributed by atoms with Crippen LogP contribution in [-0.2, 0) is 6.61 Å². The summed E-state index contributed by atoms with van der Waals surface area (Å²) in [6, 6.07) is 3.01. The van der Waals surface area contributed by atoms with E-state index in [-0.39, 0.29) is 47.6 Å². The van der Waals surface area contributed by atoms with E-state index in [4.69, 9.17) is 21.4 Å². The molecule has 0 aliphatic carbocycles. The summed E-state index contributed by atoms with van der Waals surface area (Å²) in [7, 11) is 0. The average molecular weight is 425 g/mol. The van der Waals surface area contributed by atoms with Gasteiger partial charge in [0.15, 0.2) is 5.02 Å². The zero-order valence-electron chi connectivity index (χ0n) is 15.1. The molecule has 8 nitrogen and oxygen atoms in total. The minimum atomic E-state index is -0.800. The van der Waals surface area contributed by atoms with E-state index >= 15 is 0 Å². The maximum absolute atomic E-state index is 13.7. The summed E-state index contributed by atoms with van der Waals surface area (Å²) in [5, 5.41) is 12.3. The lowest BCUT2D eigenvalue weighted by molar-refractivity contribution is 0.0859. The summed E-state index contributed by atoms with van der Waals surface area (Å²) in [5.41, 5.74) is -0.373. The highest BCUT2D eigenvalue weighted by Gasteiger charge is 2.18. The number of aliphatic hydroxyl groups excluding tert-OH is 1. The van der Waals surface area contributed by atoms with Crippen LogP contribution in [0, 0.1) is 18.6 Å². The molecule has 3 aromatic rings. The van der Waals surface area contributed by atoms with Gasteiger partial charge in [-0.15, -0.1) is 0 Å². The maximum atomic E-state index is 13.7. The average Bonchev–Trinajstić information content (AvgIpc) is 3.15. The highest BCUT2D eigenvalue weighted by atomic mass is 35.5. The van der Waals surface area contributed by atoms with Crippen molar-refractivity contribution in [2.24, 2.45) is 0 Å². The van der Waals surface area contributed by atoms with Gasteiger partial charge in [0.05, 0.1) is 31.1 Å². The molecule has 29 heavy (non-hydrogen) atoms. The van der Waals surface area contributed by atoms with Crippen LogP contribution in [0.3, 0.4) is 0 Å². The molecular weight excluding hydrogens is 410 g/mol. The van der Waals surface area contributed by atoms with Crippen LogP contribution in [0.5, 0.6) is 5.88 Å². The molecule has 0 saturated heterocycles. The molecule has 0 bridgehead atoms. The molecule has 2 aromatic heterocycles. The molecule has 0 amide bonds. The van der Waals surface area contributed by atoms with Crippen LogP contribution in [0.15, 0.2) is 35.4 Å². The van der Waals surface area contributed by atoms with Crippen molar-refractivity contribution in [3.63, 3.8) is 0 Å². The fourth-order valence-electron chi connectivity index (χ4n) is 2.54. The van der Waals surface area contributed by atoms with Crippen LogP contribution >= 0.6 is 11.6 Å². The Kier molecular flexibility index (Phi) is 6.04. The summed E-state index contributed by atoms with van der Waals surface area (Å²) < 4.78 is 34.2. The summed E-state index contributed by atoms with van der Waals surface area (Å²) in [4.78, 5) is 28.6. The van der Waals surface area contributed by atoms with E-state index in [9.17, 15) is 18.4 Å². The van der Waals surface area contributed by atoms with E-state index in [1.54, 1.807) is 0 Å². The lowest BCUT2D eigenvalue weighted by Gasteiger charge is -2.12. The quantitative estimate of drug-likeness (QED) is 0.651. The number of benzene rings is 1. The summed E-state index contributed by atoms with van der Waals surface area (Å²) in [6.45, 7) is 0.867. The van der Waals surface area contributed by atoms with Crippen molar-refractivity contribution in [3.8, 4) is 11.6 Å². The number of aromatic nitrogens is 4. The maximum Gasteiger partial charge on any atom is 0.280 e. The van der Waals surface area contributed by atoms with Gasteiger partial charge in [-0.1, -0.05) is 11.6 Å². The normalized spacial score (nSPS) is 10.9. The third-order valence-corrected chi connectivity index (χ3v) is 4.28. The van der Waals surface area contributed by atoms with Gasteiger partial charge in [0.2, 0.25) is 11.8 Å². The Morgan fingerprint density at radius 1 is 1.34 bits per heavy atom. The lowest BCUT2D eigenvalue weighted by Crippen LogP contribution is -2.23. The van der Waals surface area contributed by atoms with Crippen molar-refractivity contribution < 1.29 is 23.4 Å². The topological polar surface area (TPSA) is 99.2 Å². The molecule has 3 rings (SSSR count). The van der Waals surface area contributed by atoms with Crippen LogP contribution in [0.25, 0.3) is 5.69 Å². The molecule has 152 valence electrons. The Balaban J connectivity index is 1.88. The number of halogens is 3. The third kappa shape index (κ3) is 4.33. The third-order valence-electron chi connectivity index (χ3n) is 3.95. The summed E-state index contributed by atoms with van der Waals surface area (Å²) >= 11 is 6.07. The fraction of sp³-hybridized carbons (Fsp3) is 0.222. The predicted octanol–water partition coefficient (Wildman–Crippen LogP) is 2.27. The van der Waals surface area contributed by atoms with Gasteiger partial charge in [-0.05, 0) is 19.1 Å². The molecule has 0 aliphatic heterocycles. The lowest BCUT2D eigenvalue weighted by atomic mass is 10.2. The van der Waals surface area contributed by atoms with Gasteiger partial charge in [0.25, 0.3) is 5.56 Å². The van der Waals surface area contributed by atoms with E-state index in [0.717, 1.165) is 15.3 Å². The summed E-state index contributed by atoms with van der Waals surface area (Å²) in [5.74, 6) is -2.00. The Bertz CT molecular complexity index is 1130. The number of aliphatic hydroxyl groups is 1. The SMILES string of the molecule is Cc1nc(OCc2ccc(F)cc2F)c(Cl)c(=O)n1-c1cnn(C(=O)CCO)c1. The van der Waals surface area contributed by atoms with E-state index in [1.165, 1.54) is 25.4 Å². The highest BCUT2D eigenvalue weighted by molar-refractivity contribution is 6.31. The first-order valence-corrected chi connectivity index (χ1v) is 8.74. The second-order valence-corrected chi connectivity index (χ2v) is 6.33. The molecule has 2 heterocycles.